The predicted molar refractivity (Wildman–Crippen MR) is 136 cm³/mol. The fourth-order valence-corrected chi connectivity index (χ4v) is 3.20. The minimum Gasteiger partial charge on any atom is -0.460 e. The molecule has 1 atom stereocenters. The van der Waals surface area contributed by atoms with Gasteiger partial charge in [-0.1, -0.05) is 12.1 Å². The Bertz CT molecular complexity index is 1380. The maximum Gasteiger partial charge on any atom is 0.408 e. The van der Waals surface area contributed by atoms with Crippen LogP contribution in [-0.2, 0) is 14.3 Å². The van der Waals surface area contributed by atoms with Gasteiger partial charge in [-0.3, -0.25) is 14.4 Å². The van der Waals surface area contributed by atoms with E-state index in [2.05, 4.69) is 10.6 Å². The first-order chi connectivity index (χ1) is 17.9. The summed E-state index contributed by atoms with van der Waals surface area (Å²) in [7, 11) is 0. The molecule has 0 spiro atoms. The highest BCUT2D eigenvalue weighted by Gasteiger charge is 2.21. The van der Waals surface area contributed by atoms with Crippen LogP contribution in [0.1, 0.15) is 40.5 Å². The molecule has 1 heterocycles. The molecule has 0 bridgehead atoms. The van der Waals surface area contributed by atoms with Crippen LogP contribution in [0.5, 0.6) is 17.2 Å². The first-order valence-electron chi connectivity index (χ1n) is 11.9. The van der Waals surface area contributed by atoms with Crippen LogP contribution in [0.25, 0.3) is 11.0 Å². The zero-order chi connectivity index (χ0) is 27.9. The number of nitrogens with one attached hydrogen (secondary N) is 2. The number of carbonyl (C=O) groups excluding carboxylic acids is 3. The molecule has 10 nitrogen and oxygen atoms in total. The van der Waals surface area contributed by atoms with E-state index < -0.39 is 40.9 Å². The molecule has 0 radical (unpaired) electrons. The van der Waals surface area contributed by atoms with Crippen molar-refractivity contribution in [3.05, 3.63) is 64.8 Å². The van der Waals surface area contributed by atoms with Crippen molar-refractivity contribution in [1.82, 2.24) is 10.6 Å². The number of amides is 2. The van der Waals surface area contributed by atoms with Gasteiger partial charge in [-0.15, -0.1) is 0 Å². The molecule has 202 valence electrons. The summed E-state index contributed by atoms with van der Waals surface area (Å²) < 4.78 is 35.0. The van der Waals surface area contributed by atoms with Gasteiger partial charge in [-0.05, 0) is 58.4 Å². The summed E-state index contributed by atoms with van der Waals surface area (Å²) >= 11 is 0. The molecule has 2 aromatic carbocycles. The molecular weight excluding hydrogens is 499 g/mol. The topological polar surface area (TPSA) is 133 Å². The van der Waals surface area contributed by atoms with Crippen LogP contribution in [-0.4, -0.2) is 36.2 Å². The number of carbonyl (C=O) groups is 3. The molecule has 0 unspecified atom stereocenters. The van der Waals surface area contributed by atoms with Crippen LogP contribution in [0.2, 0.25) is 0 Å². The van der Waals surface area contributed by atoms with E-state index in [0.717, 1.165) is 6.26 Å². The third-order valence-corrected chi connectivity index (χ3v) is 4.99. The maximum absolute atomic E-state index is 13.8. The van der Waals surface area contributed by atoms with E-state index in [4.69, 9.17) is 18.6 Å². The van der Waals surface area contributed by atoms with E-state index in [9.17, 15) is 23.6 Å². The van der Waals surface area contributed by atoms with Gasteiger partial charge in [-0.25, -0.2) is 9.18 Å². The van der Waals surface area contributed by atoms with E-state index in [-0.39, 0.29) is 41.2 Å². The van der Waals surface area contributed by atoms with Gasteiger partial charge < -0.3 is 29.3 Å². The van der Waals surface area contributed by atoms with Gasteiger partial charge in [0.2, 0.25) is 17.1 Å². The highest BCUT2D eigenvalue weighted by molar-refractivity contribution is 5.85. The number of halogens is 1. The van der Waals surface area contributed by atoms with Crippen LogP contribution >= 0.6 is 0 Å². The Kier molecular flexibility index (Phi) is 9.06. The molecule has 0 saturated heterocycles. The van der Waals surface area contributed by atoms with Crippen LogP contribution in [0.3, 0.4) is 0 Å². The predicted octanol–water partition coefficient (Wildman–Crippen LogP) is 4.44. The number of benzene rings is 2. The average Bonchev–Trinajstić information content (AvgIpc) is 2.83. The number of hydrogen-bond acceptors (Lipinski definition) is 8. The standard InChI is InChI=1S/C27H29FN2O8/c1-16(30-26(34)38-27(2,3)4)25(33)29-13-7-10-23(31)36-17-11-12-18-21(14-17)35-15-22(24(18)32)37-20-9-6-5-8-19(20)28/h5-6,8-9,11-12,14-16H,7,10,13H2,1-4H3,(H,29,33)(H,30,34)/t16-/m0/s1. The molecule has 0 aliphatic carbocycles. The molecule has 38 heavy (non-hydrogen) atoms. The summed E-state index contributed by atoms with van der Waals surface area (Å²) in [6, 6.07) is 9.06. The Labute approximate surface area is 218 Å². The third kappa shape index (κ3) is 8.05. The second-order valence-electron chi connectivity index (χ2n) is 9.36. The Balaban J connectivity index is 1.48. The lowest BCUT2D eigenvalue weighted by Gasteiger charge is -2.21. The summed E-state index contributed by atoms with van der Waals surface area (Å²) in [6.07, 6.45) is 0.655. The zero-order valence-corrected chi connectivity index (χ0v) is 21.5. The average molecular weight is 529 g/mol. The quantitative estimate of drug-likeness (QED) is 0.237. The van der Waals surface area contributed by atoms with Crippen LogP contribution in [0.15, 0.2) is 57.9 Å². The number of esters is 1. The van der Waals surface area contributed by atoms with E-state index in [1.165, 1.54) is 43.3 Å². The van der Waals surface area contributed by atoms with Crippen LogP contribution in [0, 0.1) is 5.82 Å². The molecule has 0 saturated carbocycles. The lowest BCUT2D eigenvalue weighted by atomic mass is 10.2. The van der Waals surface area contributed by atoms with Gasteiger partial charge in [-0.2, -0.15) is 0 Å². The largest absolute Gasteiger partial charge is 0.460 e. The minimum atomic E-state index is -0.818. The number of para-hydroxylation sites is 1. The molecule has 0 fully saturated rings. The molecule has 11 heteroatoms. The van der Waals surface area contributed by atoms with Crippen LogP contribution < -0.4 is 25.5 Å². The summed E-state index contributed by atoms with van der Waals surface area (Å²) in [5.41, 5.74) is -1.05. The second-order valence-corrected chi connectivity index (χ2v) is 9.36. The first kappa shape index (κ1) is 28.2. The number of hydrogen-bond donors (Lipinski definition) is 2. The monoisotopic (exact) mass is 528 g/mol. The smallest absolute Gasteiger partial charge is 0.408 e. The van der Waals surface area contributed by atoms with E-state index in [0.29, 0.717) is 6.42 Å². The minimum absolute atomic E-state index is 0.00551. The van der Waals surface area contributed by atoms with Crippen molar-refractivity contribution >= 4 is 28.9 Å². The highest BCUT2D eigenvalue weighted by Crippen LogP contribution is 2.25. The third-order valence-electron chi connectivity index (χ3n) is 4.99. The van der Waals surface area contributed by atoms with Gasteiger partial charge in [0.25, 0.3) is 0 Å². The maximum atomic E-state index is 13.8. The number of rotatable bonds is 9. The van der Waals surface area contributed by atoms with Crippen molar-refractivity contribution in [2.45, 2.75) is 52.2 Å². The van der Waals surface area contributed by atoms with Crippen molar-refractivity contribution in [3.63, 3.8) is 0 Å². The van der Waals surface area contributed by atoms with Crippen molar-refractivity contribution in [2.75, 3.05) is 6.54 Å². The molecule has 0 aliphatic heterocycles. The number of alkyl carbamates (subject to hydrolysis) is 1. The van der Waals surface area contributed by atoms with Gasteiger partial charge in [0.15, 0.2) is 11.6 Å². The summed E-state index contributed by atoms with van der Waals surface area (Å²) in [5, 5.41) is 5.22. The van der Waals surface area contributed by atoms with Gasteiger partial charge in [0.05, 0.1) is 5.39 Å². The Morgan fingerprint density at radius 1 is 1.08 bits per heavy atom. The summed E-state index contributed by atoms with van der Waals surface area (Å²) in [4.78, 5) is 48.8. The molecule has 3 rings (SSSR count). The Morgan fingerprint density at radius 3 is 2.53 bits per heavy atom. The normalized spacial score (nSPS) is 11.9. The zero-order valence-electron chi connectivity index (χ0n) is 21.5. The van der Waals surface area contributed by atoms with Crippen molar-refractivity contribution in [2.24, 2.45) is 0 Å². The highest BCUT2D eigenvalue weighted by atomic mass is 19.1. The molecule has 3 aromatic rings. The molecule has 0 aliphatic rings. The molecule has 2 amide bonds. The molecule has 1 aromatic heterocycles. The first-order valence-corrected chi connectivity index (χ1v) is 11.9. The van der Waals surface area contributed by atoms with E-state index in [1.54, 1.807) is 26.8 Å². The Hall–Kier alpha value is -4.41. The fraction of sp³-hybridized carbons (Fsp3) is 0.333. The van der Waals surface area contributed by atoms with Crippen molar-refractivity contribution in [1.29, 1.82) is 0 Å². The molecular formula is C27H29FN2O8. The van der Waals surface area contributed by atoms with E-state index in [1.807, 2.05) is 0 Å². The Morgan fingerprint density at radius 2 is 1.82 bits per heavy atom. The van der Waals surface area contributed by atoms with Gasteiger partial charge in [0, 0.05) is 19.0 Å². The lowest BCUT2D eigenvalue weighted by molar-refractivity contribution is -0.134. The van der Waals surface area contributed by atoms with Crippen LogP contribution in [0.4, 0.5) is 9.18 Å². The molecule has 2 N–H and O–H groups in total. The van der Waals surface area contributed by atoms with Gasteiger partial charge >= 0.3 is 12.1 Å². The van der Waals surface area contributed by atoms with E-state index >= 15 is 0 Å². The van der Waals surface area contributed by atoms with Crippen molar-refractivity contribution in [3.8, 4) is 17.2 Å². The summed E-state index contributed by atoms with van der Waals surface area (Å²) in [5.74, 6) is -1.75. The SMILES string of the molecule is C[C@H](NC(=O)OC(C)(C)C)C(=O)NCCCC(=O)Oc1ccc2c(=O)c(Oc3ccccc3F)coc2c1. The fourth-order valence-electron chi connectivity index (χ4n) is 3.20. The summed E-state index contributed by atoms with van der Waals surface area (Å²) in [6.45, 7) is 6.84. The number of ether oxygens (including phenoxy) is 3. The van der Waals surface area contributed by atoms with Gasteiger partial charge in [0.1, 0.15) is 29.2 Å². The lowest BCUT2D eigenvalue weighted by Crippen LogP contribution is -2.46. The number of fused-ring (bicyclic) bond motifs is 1. The van der Waals surface area contributed by atoms with Crippen molar-refractivity contribution < 1.29 is 37.4 Å². The second kappa shape index (κ2) is 12.2.